The van der Waals surface area contributed by atoms with E-state index in [2.05, 4.69) is 4.98 Å². The highest BCUT2D eigenvalue weighted by molar-refractivity contribution is 5.72. The predicted molar refractivity (Wildman–Crippen MR) is 47.5 cm³/mol. The van der Waals surface area contributed by atoms with Gasteiger partial charge in [-0.1, -0.05) is 0 Å². The summed E-state index contributed by atoms with van der Waals surface area (Å²) in [6.07, 6.45) is 3.03. The summed E-state index contributed by atoms with van der Waals surface area (Å²) in [5.74, 6) is 0.519. The van der Waals surface area contributed by atoms with Crippen molar-refractivity contribution < 1.29 is 9.90 Å². The van der Waals surface area contributed by atoms with Crippen LogP contribution in [-0.4, -0.2) is 16.4 Å². The average molecular weight is 177 g/mol. The maximum absolute atomic E-state index is 10.5. The first-order valence-corrected chi connectivity index (χ1v) is 4.40. The van der Waals surface area contributed by atoms with Gasteiger partial charge in [-0.2, -0.15) is 0 Å². The Balaban J connectivity index is 2.38. The van der Waals surface area contributed by atoms with Gasteiger partial charge in [0.2, 0.25) is 0 Å². The minimum atomic E-state index is -0.0247. The first-order chi connectivity index (χ1) is 6.33. The summed E-state index contributed by atoms with van der Waals surface area (Å²) in [4.78, 5) is 14.7. The first-order valence-electron chi connectivity index (χ1n) is 4.40. The molecule has 1 heterocycles. The fourth-order valence-electron chi connectivity index (χ4n) is 1.38. The van der Waals surface area contributed by atoms with E-state index in [1.54, 1.807) is 6.07 Å². The normalized spacial score (nSPS) is 15.8. The molecule has 0 aliphatic heterocycles. The molecular formula is C10H11NO2. The number of carbonyl (C=O) groups is 1. The Bertz CT molecular complexity index is 332. The smallest absolute Gasteiger partial charge is 0.168 e. The van der Waals surface area contributed by atoms with Crippen LogP contribution >= 0.6 is 0 Å². The molecule has 0 radical (unpaired) electrons. The highest BCUT2D eigenvalue weighted by Gasteiger charge is 2.25. The number of aliphatic hydroxyl groups excluding tert-OH is 1. The van der Waals surface area contributed by atoms with Gasteiger partial charge in [-0.25, -0.2) is 4.98 Å². The lowest BCUT2D eigenvalue weighted by molar-refractivity contribution is 0.111. The van der Waals surface area contributed by atoms with E-state index in [9.17, 15) is 4.79 Å². The van der Waals surface area contributed by atoms with Crippen LogP contribution in [0.2, 0.25) is 0 Å². The molecule has 13 heavy (non-hydrogen) atoms. The van der Waals surface area contributed by atoms with Gasteiger partial charge in [0.25, 0.3) is 0 Å². The van der Waals surface area contributed by atoms with Gasteiger partial charge in [-0.05, 0) is 30.5 Å². The van der Waals surface area contributed by atoms with Crippen LogP contribution in [0.5, 0.6) is 0 Å². The van der Waals surface area contributed by atoms with Gasteiger partial charge in [0.1, 0.15) is 5.69 Å². The second-order valence-corrected chi connectivity index (χ2v) is 3.38. The topological polar surface area (TPSA) is 50.2 Å². The number of rotatable bonds is 3. The van der Waals surface area contributed by atoms with E-state index in [0.717, 1.165) is 30.4 Å². The van der Waals surface area contributed by atoms with Gasteiger partial charge in [-0.3, -0.25) is 4.79 Å². The van der Waals surface area contributed by atoms with Crippen molar-refractivity contribution >= 4 is 6.29 Å². The molecule has 1 fully saturated rings. The molecule has 0 saturated heterocycles. The third kappa shape index (κ3) is 1.75. The van der Waals surface area contributed by atoms with Gasteiger partial charge >= 0.3 is 0 Å². The molecule has 0 atom stereocenters. The second kappa shape index (κ2) is 3.26. The quantitative estimate of drug-likeness (QED) is 0.707. The molecule has 1 aromatic rings. The van der Waals surface area contributed by atoms with E-state index >= 15 is 0 Å². The molecule has 3 heteroatoms. The lowest BCUT2D eigenvalue weighted by Crippen LogP contribution is -1.96. The summed E-state index contributed by atoms with van der Waals surface area (Å²) < 4.78 is 0. The van der Waals surface area contributed by atoms with Gasteiger partial charge in [0.15, 0.2) is 6.29 Å². The molecule has 1 saturated carbocycles. The van der Waals surface area contributed by atoms with Gasteiger partial charge in [0.05, 0.1) is 6.61 Å². The first kappa shape index (κ1) is 8.38. The molecule has 68 valence electrons. The van der Waals surface area contributed by atoms with E-state index in [0.29, 0.717) is 11.6 Å². The minimum absolute atomic E-state index is 0.0247. The zero-order valence-corrected chi connectivity index (χ0v) is 7.23. The maximum Gasteiger partial charge on any atom is 0.168 e. The van der Waals surface area contributed by atoms with Crippen molar-refractivity contribution in [2.24, 2.45) is 0 Å². The lowest BCUT2D eigenvalue weighted by atomic mass is 10.1. The summed E-state index contributed by atoms with van der Waals surface area (Å²) in [5.41, 5.74) is 2.15. The molecule has 0 unspecified atom stereocenters. The highest BCUT2D eigenvalue weighted by Crippen LogP contribution is 2.39. The molecule has 0 spiro atoms. The molecule has 3 nitrogen and oxygen atoms in total. The average Bonchev–Trinajstić information content (AvgIpc) is 3.00. The fraction of sp³-hybridized carbons (Fsp3) is 0.400. The number of aldehydes is 1. The largest absolute Gasteiger partial charge is 0.392 e. The number of aliphatic hydroxyl groups is 1. The Kier molecular flexibility index (Phi) is 2.10. The summed E-state index contributed by atoms with van der Waals surface area (Å²) >= 11 is 0. The summed E-state index contributed by atoms with van der Waals surface area (Å²) in [7, 11) is 0. The maximum atomic E-state index is 10.5. The molecule has 1 aliphatic carbocycles. The minimum Gasteiger partial charge on any atom is -0.392 e. The molecule has 2 rings (SSSR count). The Hall–Kier alpha value is -1.22. The van der Waals surface area contributed by atoms with Crippen molar-refractivity contribution in [3.05, 3.63) is 29.1 Å². The van der Waals surface area contributed by atoms with Crippen molar-refractivity contribution in [1.29, 1.82) is 0 Å². The van der Waals surface area contributed by atoms with Crippen LogP contribution < -0.4 is 0 Å². The lowest BCUT2D eigenvalue weighted by Gasteiger charge is -2.02. The molecular weight excluding hydrogens is 166 g/mol. The van der Waals surface area contributed by atoms with Crippen LogP contribution in [0.3, 0.4) is 0 Å². The van der Waals surface area contributed by atoms with Crippen LogP contribution in [0, 0.1) is 0 Å². The molecule has 0 bridgehead atoms. The van der Waals surface area contributed by atoms with Crippen LogP contribution in [0.4, 0.5) is 0 Å². The predicted octanol–water partition coefficient (Wildman–Crippen LogP) is 1.26. The van der Waals surface area contributed by atoms with Crippen LogP contribution in [0.15, 0.2) is 12.1 Å². The van der Waals surface area contributed by atoms with Gasteiger partial charge < -0.3 is 5.11 Å². The van der Waals surface area contributed by atoms with Crippen LogP contribution in [0.25, 0.3) is 0 Å². The van der Waals surface area contributed by atoms with Crippen LogP contribution in [-0.2, 0) is 6.61 Å². The number of hydrogen-bond donors (Lipinski definition) is 1. The van der Waals surface area contributed by atoms with E-state index in [-0.39, 0.29) is 6.61 Å². The highest BCUT2D eigenvalue weighted by atomic mass is 16.3. The SMILES string of the molecule is O=Cc1cc(CO)cc(C2CC2)n1. The zero-order chi connectivity index (χ0) is 9.26. The van der Waals surface area contributed by atoms with Gasteiger partial charge in [-0.15, -0.1) is 0 Å². The molecule has 0 aromatic carbocycles. The van der Waals surface area contributed by atoms with E-state index in [4.69, 9.17) is 5.11 Å². The van der Waals surface area contributed by atoms with Crippen molar-refractivity contribution in [2.45, 2.75) is 25.4 Å². The molecule has 1 aliphatic rings. The Morgan fingerprint density at radius 1 is 1.54 bits per heavy atom. The number of hydrogen-bond acceptors (Lipinski definition) is 3. The van der Waals surface area contributed by atoms with Crippen molar-refractivity contribution in [1.82, 2.24) is 4.98 Å². The Morgan fingerprint density at radius 2 is 2.31 bits per heavy atom. The number of aromatic nitrogens is 1. The van der Waals surface area contributed by atoms with Crippen molar-refractivity contribution in [2.75, 3.05) is 0 Å². The van der Waals surface area contributed by atoms with E-state index < -0.39 is 0 Å². The third-order valence-electron chi connectivity index (χ3n) is 2.22. The van der Waals surface area contributed by atoms with E-state index in [1.165, 1.54) is 0 Å². The third-order valence-corrected chi connectivity index (χ3v) is 2.22. The summed E-state index contributed by atoms with van der Waals surface area (Å²) in [5, 5.41) is 8.94. The van der Waals surface area contributed by atoms with Gasteiger partial charge in [0, 0.05) is 11.6 Å². The van der Waals surface area contributed by atoms with Crippen molar-refractivity contribution in [3.63, 3.8) is 0 Å². The molecule has 1 N–H and O–H groups in total. The van der Waals surface area contributed by atoms with Crippen LogP contribution in [0.1, 0.15) is 40.5 Å². The fourth-order valence-corrected chi connectivity index (χ4v) is 1.38. The molecule has 1 aromatic heterocycles. The Morgan fingerprint density at radius 3 is 2.85 bits per heavy atom. The monoisotopic (exact) mass is 177 g/mol. The Labute approximate surface area is 76.4 Å². The number of pyridine rings is 1. The number of nitrogens with zero attached hydrogens (tertiary/aromatic N) is 1. The van der Waals surface area contributed by atoms with Crippen molar-refractivity contribution in [3.8, 4) is 0 Å². The molecule has 0 amide bonds. The zero-order valence-electron chi connectivity index (χ0n) is 7.23. The summed E-state index contributed by atoms with van der Waals surface area (Å²) in [6.45, 7) is -0.0247. The summed E-state index contributed by atoms with van der Waals surface area (Å²) in [6, 6.07) is 3.50. The van der Waals surface area contributed by atoms with E-state index in [1.807, 2.05) is 6.07 Å². The number of carbonyl (C=O) groups excluding carboxylic acids is 1. The standard InChI is InChI=1S/C10H11NO2/c12-5-7-3-9(6-13)11-10(4-7)8-1-2-8/h3-4,6,8,12H,1-2,5H2. The second-order valence-electron chi connectivity index (χ2n) is 3.38.